The van der Waals surface area contributed by atoms with Crippen molar-refractivity contribution in [1.82, 2.24) is 10.3 Å². The van der Waals surface area contributed by atoms with Gasteiger partial charge in [-0.2, -0.15) is 18.4 Å². The number of carbonyl (C=O) groups is 1. The first-order valence-corrected chi connectivity index (χ1v) is 8.92. The first-order valence-electron chi connectivity index (χ1n) is 8.92. The summed E-state index contributed by atoms with van der Waals surface area (Å²) in [4.78, 5) is 17.9. The van der Waals surface area contributed by atoms with Crippen LogP contribution in [0.25, 0.3) is 0 Å². The van der Waals surface area contributed by atoms with Crippen molar-refractivity contribution in [3.63, 3.8) is 0 Å². The molecule has 1 N–H and O–H groups in total. The number of pyridine rings is 1. The number of benzene rings is 1. The molecule has 1 unspecified atom stereocenters. The Morgan fingerprint density at radius 1 is 1.25 bits per heavy atom. The number of anilines is 1. The Labute approximate surface area is 160 Å². The van der Waals surface area contributed by atoms with E-state index < -0.39 is 11.7 Å². The van der Waals surface area contributed by atoms with Crippen molar-refractivity contribution in [2.24, 2.45) is 0 Å². The number of hydrogen-bond acceptors (Lipinski definition) is 4. The zero-order valence-corrected chi connectivity index (χ0v) is 15.0. The van der Waals surface area contributed by atoms with Gasteiger partial charge in [-0.25, -0.2) is 4.98 Å². The first-order chi connectivity index (χ1) is 13.3. The number of carbonyl (C=O) groups excluding carboxylic acids is 1. The highest BCUT2D eigenvalue weighted by molar-refractivity contribution is 5.76. The monoisotopic (exact) mass is 388 g/mol. The topological polar surface area (TPSA) is 69.0 Å². The van der Waals surface area contributed by atoms with Crippen LogP contribution in [0.1, 0.15) is 29.5 Å². The van der Waals surface area contributed by atoms with Gasteiger partial charge in [-0.1, -0.05) is 12.1 Å². The molecule has 5 nitrogen and oxygen atoms in total. The number of aryl methyl sites for hydroxylation is 1. The van der Waals surface area contributed by atoms with Crippen LogP contribution in [0.2, 0.25) is 0 Å². The van der Waals surface area contributed by atoms with Crippen molar-refractivity contribution < 1.29 is 18.0 Å². The van der Waals surface area contributed by atoms with E-state index >= 15 is 0 Å². The number of amides is 1. The van der Waals surface area contributed by atoms with Crippen LogP contribution >= 0.6 is 0 Å². The van der Waals surface area contributed by atoms with Crippen LogP contribution in [0, 0.1) is 11.3 Å². The van der Waals surface area contributed by atoms with Gasteiger partial charge in [0.05, 0.1) is 17.2 Å². The Balaban J connectivity index is 1.47. The van der Waals surface area contributed by atoms with Gasteiger partial charge in [-0.3, -0.25) is 4.79 Å². The summed E-state index contributed by atoms with van der Waals surface area (Å²) >= 11 is 0. The van der Waals surface area contributed by atoms with Crippen molar-refractivity contribution in [2.75, 3.05) is 18.0 Å². The average molecular weight is 388 g/mol. The van der Waals surface area contributed by atoms with Gasteiger partial charge in [0.1, 0.15) is 5.82 Å². The summed E-state index contributed by atoms with van der Waals surface area (Å²) < 4.78 is 37.9. The van der Waals surface area contributed by atoms with E-state index in [-0.39, 0.29) is 11.9 Å². The van der Waals surface area contributed by atoms with Crippen LogP contribution in [0.3, 0.4) is 0 Å². The van der Waals surface area contributed by atoms with Crippen LogP contribution in [0.5, 0.6) is 0 Å². The minimum Gasteiger partial charge on any atom is -0.354 e. The predicted octanol–water partition coefficient (Wildman–Crippen LogP) is 3.30. The lowest BCUT2D eigenvalue weighted by atomic mass is 10.1. The van der Waals surface area contributed by atoms with Gasteiger partial charge in [-0.05, 0) is 42.7 Å². The van der Waals surface area contributed by atoms with Crippen LogP contribution < -0.4 is 10.2 Å². The van der Waals surface area contributed by atoms with E-state index in [0.29, 0.717) is 43.7 Å². The van der Waals surface area contributed by atoms with Gasteiger partial charge in [0.15, 0.2) is 0 Å². The number of nitrogens with zero attached hydrogens (tertiary/aromatic N) is 3. The average Bonchev–Trinajstić information content (AvgIpc) is 3.14. The molecule has 8 heteroatoms. The number of halogens is 3. The Morgan fingerprint density at radius 3 is 2.61 bits per heavy atom. The van der Waals surface area contributed by atoms with Gasteiger partial charge in [0.2, 0.25) is 5.91 Å². The number of nitriles is 1. The van der Waals surface area contributed by atoms with Gasteiger partial charge < -0.3 is 10.2 Å². The molecule has 1 aromatic carbocycles. The van der Waals surface area contributed by atoms with Gasteiger partial charge in [0.25, 0.3) is 0 Å². The van der Waals surface area contributed by atoms with Gasteiger partial charge in [0, 0.05) is 31.7 Å². The van der Waals surface area contributed by atoms with Crippen LogP contribution in [0.15, 0.2) is 42.6 Å². The van der Waals surface area contributed by atoms with Crippen molar-refractivity contribution in [2.45, 2.75) is 31.5 Å². The second kappa shape index (κ2) is 8.30. The van der Waals surface area contributed by atoms with Crippen molar-refractivity contribution in [3.05, 3.63) is 59.3 Å². The van der Waals surface area contributed by atoms with E-state index in [0.717, 1.165) is 17.8 Å². The molecule has 1 atom stereocenters. The normalized spacial score (nSPS) is 16.6. The third kappa shape index (κ3) is 5.00. The predicted molar refractivity (Wildman–Crippen MR) is 97.5 cm³/mol. The number of alkyl halides is 3. The van der Waals surface area contributed by atoms with Crippen LogP contribution in [-0.4, -0.2) is 30.0 Å². The minimum atomic E-state index is -4.40. The highest BCUT2D eigenvalue weighted by Gasteiger charge is 2.31. The molecule has 3 rings (SSSR count). The highest BCUT2D eigenvalue weighted by atomic mass is 19.4. The number of nitrogens with one attached hydrogen (secondary N) is 1. The molecule has 1 fully saturated rings. The molecule has 2 heterocycles. The second-order valence-corrected chi connectivity index (χ2v) is 6.71. The maximum Gasteiger partial charge on any atom is 0.417 e. The number of hydrogen-bond donors (Lipinski definition) is 1. The standard InChI is InChI=1S/C20H19F3N4O/c21-20(22,23)16-6-7-18(25-12-16)27-10-9-17(13-27)26-19(28)8-5-14-1-3-15(11-24)4-2-14/h1-4,6-7,12,17H,5,8-10,13H2,(H,26,28). The summed E-state index contributed by atoms with van der Waals surface area (Å²) in [6.45, 7) is 1.14. The van der Waals surface area contributed by atoms with Gasteiger partial charge in [-0.15, -0.1) is 0 Å². The summed E-state index contributed by atoms with van der Waals surface area (Å²) in [5, 5.41) is 11.8. The molecule has 1 amide bonds. The Morgan fingerprint density at radius 2 is 2.00 bits per heavy atom. The summed E-state index contributed by atoms with van der Waals surface area (Å²) in [5.74, 6) is 0.402. The fraction of sp³-hybridized carbons (Fsp3) is 0.350. The lowest BCUT2D eigenvalue weighted by molar-refractivity contribution is -0.137. The van der Waals surface area contributed by atoms with E-state index in [1.54, 1.807) is 12.1 Å². The van der Waals surface area contributed by atoms with Crippen molar-refractivity contribution in [1.29, 1.82) is 5.26 Å². The summed E-state index contributed by atoms with van der Waals surface area (Å²) in [6, 6.07) is 11.5. The third-order valence-electron chi connectivity index (χ3n) is 4.68. The number of aromatic nitrogens is 1. The lowest BCUT2D eigenvalue weighted by Gasteiger charge is -2.18. The zero-order chi connectivity index (χ0) is 20.1. The van der Waals surface area contributed by atoms with E-state index in [9.17, 15) is 18.0 Å². The second-order valence-electron chi connectivity index (χ2n) is 6.71. The van der Waals surface area contributed by atoms with Gasteiger partial charge >= 0.3 is 6.18 Å². The molecule has 2 aromatic rings. The van der Waals surface area contributed by atoms with Crippen LogP contribution in [-0.2, 0) is 17.4 Å². The lowest BCUT2D eigenvalue weighted by Crippen LogP contribution is -2.37. The SMILES string of the molecule is N#Cc1ccc(CCC(=O)NC2CCN(c3ccc(C(F)(F)F)cn3)C2)cc1. The first kappa shape index (κ1) is 19.7. The molecular weight excluding hydrogens is 369 g/mol. The smallest absolute Gasteiger partial charge is 0.354 e. The van der Waals surface area contributed by atoms with E-state index in [4.69, 9.17) is 5.26 Å². The fourth-order valence-corrected chi connectivity index (χ4v) is 3.13. The molecule has 1 saturated heterocycles. The highest BCUT2D eigenvalue weighted by Crippen LogP contribution is 2.29. The molecule has 0 saturated carbocycles. The molecule has 0 spiro atoms. The molecule has 0 aliphatic carbocycles. The summed E-state index contributed by atoms with van der Waals surface area (Å²) in [7, 11) is 0. The molecule has 146 valence electrons. The van der Waals surface area contributed by atoms with E-state index in [1.165, 1.54) is 6.07 Å². The number of rotatable bonds is 5. The Bertz CT molecular complexity index is 857. The van der Waals surface area contributed by atoms with Crippen molar-refractivity contribution >= 4 is 11.7 Å². The largest absolute Gasteiger partial charge is 0.417 e. The minimum absolute atomic E-state index is 0.0578. The van der Waals surface area contributed by atoms with E-state index in [1.807, 2.05) is 17.0 Å². The zero-order valence-electron chi connectivity index (χ0n) is 15.0. The van der Waals surface area contributed by atoms with E-state index in [2.05, 4.69) is 16.4 Å². The maximum atomic E-state index is 12.6. The molecule has 0 bridgehead atoms. The summed E-state index contributed by atoms with van der Waals surface area (Å²) in [5.41, 5.74) is 0.787. The maximum absolute atomic E-state index is 12.6. The molecule has 28 heavy (non-hydrogen) atoms. The molecule has 1 aromatic heterocycles. The van der Waals surface area contributed by atoms with Crippen LogP contribution in [0.4, 0.5) is 19.0 Å². The molecule has 1 aliphatic rings. The molecular formula is C20H19F3N4O. The Hall–Kier alpha value is -3.08. The third-order valence-corrected chi connectivity index (χ3v) is 4.68. The molecule has 0 radical (unpaired) electrons. The van der Waals surface area contributed by atoms with Crippen molar-refractivity contribution in [3.8, 4) is 6.07 Å². The quantitative estimate of drug-likeness (QED) is 0.853. The molecule has 1 aliphatic heterocycles. The summed E-state index contributed by atoms with van der Waals surface area (Å²) in [6.07, 6.45) is -1.94. The Kier molecular flexibility index (Phi) is 5.83. The fourth-order valence-electron chi connectivity index (χ4n) is 3.13.